The van der Waals surface area contributed by atoms with Crippen LogP contribution in [0.1, 0.15) is 15.9 Å². The molecular formula is C15H11FO4. The number of methoxy groups -OCH3 is 1. The predicted octanol–water partition coefficient (Wildman–Crippen LogP) is 2.88. The molecule has 0 unspecified atom stereocenters. The molecule has 2 aromatic rings. The molecule has 102 valence electrons. The fourth-order valence-electron chi connectivity index (χ4n) is 2.27. The first-order valence-corrected chi connectivity index (χ1v) is 5.97. The molecule has 0 spiro atoms. The van der Waals surface area contributed by atoms with E-state index in [-0.39, 0.29) is 17.9 Å². The van der Waals surface area contributed by atoms with Crippen LogP contribution >= 0.6 is 0 Å². The lowest BCUT2D eigenvalue weighted by molar-refractivity contribution is 0.0595. The Labute approximate surface area is 114 Å². The van der Waals surface area contributed by atoms with Gasteiger partial charge in [-0.1, -0.05) is 6.07 Å². The average Bonchev–Trinajstić information content (AvgIpc) is 2.45. The van der Waals surface area contributed by atoms with Crippen LogP contribution in [0.25, 0.3) is 11.1 Å². The minimum atomic E-state index is -0.745. The topological polar surface area (TPSA) is 55.8 Å². The van der Waals surface area contributed by atoms with Gasteiger partial charge in [-0.25, -0.2) is 9.18 Å². The van der Waals surface area contributed by atoms with Crippen molar-refractivity contribution in [3.63, 3.8) is 0 Å². The first-order chi connectivity index (χ1) is 9.60. The second kappa shape index (κ2) is 4.52. The zero-order chi connectivity index (χ0) is 14.3. The van der Waals surface area contributed by atoms with Crippen LogP contribution in [-0.4, -0.2) is 18.2 Å². The monoisotopic (exact) mass is 274 g/mol. The van der Waals surface area contributed by atoms with Gasteiger partial charge in [0.05, 0.1) is 12.7 Å². The Bertz CT molecular complexity index is 709. The van der Waals surface area contributed by atoms with E-state index in [9.17, 15) is 14.3 Å². The molecule has 0 atom stereocenters. The maximum absolute atomic E-state index is 14.0. The third-order valence-corrected chi connectivity index (χ3v) is 3.24. The van der Waals surface area contributed by atoms with Crippen molar-refractivity contribution in [2.45, 2.75) is 6.61 Å². The van der Waals surface area contributed by atoms with E-state index >= 15 is 0 Å². The Morgan fingerprint density at radius 2 is 2.10 bits per heavy atom. The smallest absolute Gasteiger partial charge is 0.340 e. The lowest BCUT2D eigenvalue weighted by atomic mass is 9.95. The van der Waals surface area contributed by atoms with Crippen LogP contribution in [0.3, 0.4) is 0 Å². The number of esters is 1. The fourth-order valence-corrected chi connectivity index (χ4v) is 2.27. The zero-order valence-corrected chi connectivity index (χ0v) is 10.6. The molecule has 1 heterocycles. The van der Waals surface area contributed by atoms with Crippen LogP contribution in [0.4, 0.5) is 4.39 Å². The quantitative estimate of drug-likeness (QED) is 0.812. The van der Waals surface area contributed by atoms with E-state index in [4.69, 9.17) is 4.74 Å². The molecule has 3 rings (SSSR count). The number of fused-ring (bicyclic) bond motifs is 3. The molecule has 1 aliphatic rings. The summed E-state index contributed by atoms with van der Waals surface area (Å²) < 4.78 is 24.0. The number of halogens is 1. The number of benzene rings is 2. The van der Waals surface area contributed by atoms with E-state index in [1.807, 2.05) is 0 Å². The van der Waals surface area contributed by atoms with Crippen LogP contribution < -0.4 is 4.74 Å². The van der Waals surface area contributed by atoms with Crippen molar-refractivity contribution >= 4 is 5.97 Å². The van der Waals surface area contributed by atoms with Crippen molar-refractivity contribution in [3.8, 4) is 22.6 Å². The van der Waals surface area contributed by atoms with E-state index in [1.54, 1.807) is 12.1 Å². The van der Waals surface area contributed by atoms with E-state index < -0.39 is 11.8 Å². The molecule has 0 amide bonds. The van der Waals surface area contributed by atoms with E-state index in [2.05, 4.69) is 4.74 Å². The highest BCUT2D eigenvalue weighted by atomic mass is 19.1. The zero-order valence-electron chi connectivity index (χ0n) is 10.6. The van der Waals surface area contributed by atoms with Crippen molar-refractivity contribution < 1.29 is 23.8 Å². The first-order valence-electron chi connectivity index (χ1n) is 5.97. The van der Waals surface area contributed by atoms with Gasteiger partial charge < -0.3 is 14.6 Å². The van der Waals surface area contributed by atoms with Gasteiger partial charge in [0.15, 0.2) is 0 Å². The van der Waals surface area contributed by atoms with Gasteiger partial charge >= 0.3 is 5.97 Å². The summed E-state index contributed by atoms with van der Waals surface area (Å²) >= 11 is 0. The normalized spacial score (nSPS) is 12.1. The highest BCUT2D eigenvalue weighted by Gasteiger charge is 2.23. The standard InChI is InChI=1S/C15H11FO4/c1-19-15(18)12-6-14-11(5-13(12)16)10-3-2-9(17)4-8(10)7-20-14/h2-6,17H,7H2,1H3. The molecule has 4 nitrogen and oxygen atoms in total. The minimum Gasteiger partial charge on any atom is -0.508 e. The van der Waals surface area contributed by atoms with Crippen LogP contribution in [0.5, 0.6) is 11.5 Å². The Kier molecular flexibility index (Phi) is 2.82. The molecule has 0 aliphatic carbocycles. The maximum atomic E-state index is 14.0. The minimum absolute atomic E-state index is 0.127. The molecule has 2 aromatic carbocycles. The highest BCUT2D eigenvalue weighted by molar-refractivity contribution is 5.92. The molecular weight excluding hydrogens is 263 g/mol. The molecule has 0 fully saturated rings. The van der Waals surface area contributed by atoms with Crippen LogP contribution in [0.2, 0.25) is 0 Å². The summed E-state index contributed by atoms with van der Waals surface area (Å²) in [6, 6.07) is 7.39. The number of ether oxygens (including phenoxy) is 2. The molecule has 1 N–H and O–H groups in total. The number of carbonyl (C=O) groups is 1. The van der Waals surface area contributed by atoms with Gasteiger partial charge in [0.1, 0.15) is 23.9 Å². The third kappa shape index (κ3) is 1.87. The summed E-state index contributed by atoms with van der Waals surface area (Å²) in [4.78, 5) is 11.5. The van der Waals surface area contributed by atoms with E-state index in [1.165, 1.54) is 25.3 Å². The third-order valence-electron chi connectivity index (χ3n) is 3.24. The molecule has 1 aliphatic heterocycles. The number of phenolic OH excluding ortho intramolecular Hbond substituents is 1. The highest BCUT2D eigenvalue weighted by Crippen LogP contribution is 2.40. The van der Waals surface area contributed by atoms with Crippen molar-refractivity contribution in [2.24, 2.45) is 0 Å². The van der Waals surface area contributed by atoms with Crippen molar-refractivity contribution in [1.29, 1.82) is 0 Å². The molecule has 0 bridgehead atoms. The second-order valence-electron chi connectivity index (χ2n) is 4.45. The number of aromatic hydroxyl groups is 1. The van der Waals surface area contributed by atoms with Crippen LogP contribution in [-0.2, 0) is 11.3 Å². The summed E-state index contributed by atoms with van der Waals surface area (Å²) in [5.41, 5.74) is 1.94. The van der Waals surface area contributed by atoms with Crippen molar-refractivity contribution in [1.82, 2.24) is 0 Å². The lowest BCUT2D eigenvalue weighted by Gasteiger charge is -2.21. The summed E-state index contributed by atoms with van der Waals surface area (Å²) in [5, 5.41) is 9.45. The maximum Gasteiger partial charge on any atom is 0.340 e. The van der Waals surface area contributed by atoms with Crippen LogP contribution in [0.15, 0.2) is 30.3 Å². The Balaban J connectivity index is 2.17. The summed E-state index contributed by atoms with van der Waals surface area (Å²) in [7, 11) is 1.19. The lowest BCUT2D eigenvalue weighted by Crippen LogP contribution is -2.10. The molecule has 0 saturated carbocycles. The summed E-state index contributed by atoms with van der Waals surface area (Å²) in [5.74, 6) is -0.863. The van der Waals surface area contributed by atoms with Crippen molar-refractivity contribution in [3.05, 3.63) is 47.3 Å². The Morgan fingerprint density at radius 1 is 1.30 bits per heavy atom. The SMILES string of the molecule is COC(=O)c1cc2c(cc1F)-c1ccc(O)cc1CO2. The number of rotatable bonds is 1. The Hall–Kier alpha value is -2.56. The number of carbonyl (C=O) groups excluding carboxylic acids is 1. The van der Waals surface area contributed by atoms with E-state index in [0.717, 1.165) is 11.1 Å². The van der Waals surface area contributed by atoms with Gasteiger partial charge in [-0.3, -0.25) is 0 Å². The average molecular weight is 274 g/mol. The molecule has 0 aromatic heterocycles. The van der Waals surface area contributed by atoms with Crippen LogP contribution in [0, 0.1) is 5.82 Å². The number of phenols is 1. The summed E-state index contributed by atoms with van der Waals surface area (Å²) in [6.07, 6.45) is 0. The molecule has 0 saturated heterocycles. The fraction of sp³-hybridized carbons (Fsp3) is 0.133. The van der Waals surface area contributed by atoms with Gasteiger partial charge in [0.2, 0.25) is 0 Å². The molecule has 0 radical (unpaired) electrons. The first kappa shape index (κ1) is 12.5. The number of hydrogen-bond acceptors (Lipinski definition) is 4. The van der Waals surface area contributed by atoms with Gasteiger partial charge in [0.25, 0.3) is 0 Å². The summed E-state index contributed by atoms with van der Waals surface area (Å²) in [6.45, 7) is 0.253. The second-order valence-corrected chi connectivity index (χ2v) is 4.45. The van der Waals surface area contributed by atoms with Crippen molar-refractivity contribution in [2.75, 3.05) is 7.11 Å². The van der Waals surface area contributed by atoms with E-state index in [0.29, 0.717) is 11.3 Å². The molecule has 20 heavy (non-hydrogen) atoms. The van der Waals surface area contributed by atoms with Gasteiger partial charge in [0, 0.05) is 11.1 Å². The number of hydrogen-bond donors (Lipinski definition) is 1. The van der Waals surface area contributed by atoms with Gasteiger partial charge in [-0.2, -0.15) is 0 Å². The predicted molar refractivity (Wildman–Crippen MR) is 69.2 cm³/mol. The molecule has 5 heteroatoms. The largest absolute Gasteiger partial charge is 0.508 e. The Morgan fingerprint density at radius 3 is 2.85 bits per heavy atom. The van der Waals surface area contributed by atoms with Gasteiger partial charge in [-0.15, -0.1) is 0 Å². The van der Waals surface area contributed by atoms with Gasteiger partial charge in [-0.05, 0) is 29.8 Å².